The van der Waals surface area contributed by atoms with E-state index in [4.69, 9.17) is 4.74 Å². The lowest BCUT2D eigenvalue weighted by Crippen LogP contribution is -2.17. The molecule has 1 aromatic heterocycles. The van der Waals surface area contributed by atoms with Crippen molar-refractivity contribution in [2.75, 3.05) is 20.3 Å². The molecule has 68 valence electrons. The van der Waals surface area contributed by atoms with E-state index in [9.17, 15) is 0 Å². The van der Waals surface area contributed by atoms with Crippen molar-refractivity contribution in [1.82, 2.24) is 5.32 Å². The minimum atomic E-state index is 0.770. The standard InChI is InChI=1S/C8H12BrNOS/c1-11-3-2-10-5-8-4-7(9)6-12-8/h4,6,10H,2-3,5H2,1H3. The summed E-state index contributed by atoms with van der Waals surface area (Å²) in [6.07, 6.45) is 0. The molecule has 0 atom stereocenters. The molecule has 4 heteroatoms. The summed E-state index contributed by atoms with van der Waals surface area (Å²) < 4.78 is 6.08. The molecule has 0 aliphatic rings. The molecule has 0 amide bonds. The van der Waals surface area contributed by atoms with Crippen molar-refractivity contribution < 1.29 is 4.74 Å². The van der Waals surface area contributed by atoms with Crippen LogP contribution in [0.15, 0.2) is 15.9 Å². The van der Waals surface area contributed by atoms with Gasteiger partial charge < -0.3 is 10.1 Å². The van der Waals surface area contributed by atoms with Gasteiger partial charge in [0.15, 0.2) is 0 Å². The molecule has 0 unspecified atom stereocenters. The van der Waals surface area contributed by atoms with E-state index in [-0.39, 0.29) is 0 Å². The summed E-state index contributed by atoms with van der Waals surface area (Å²) in [6, 6.07) is 2.13. The second kappa shape index (κ2) is 5.70. The number of halogens is 1. The van der Waals surface area contributed by atoms with Gasteiger partial charge in [-0.1, -0.05) is 0 Å². The molecular weight excluding hydrogens is 238 g/mol. The molecule has 0 bridgehead atoms. The fourth-order valence-corrected chi connectivity index (χ4v) is 2.25. The number of methoxy groups -OCH3 is 1. The van der Waals surface area contributed by atoms with Gasteiger partial charge in [0.25, 0.3) is 0 Å². The molecule has 1 rings (SSSR count). The molecule has 12 heavy (non-hydrogen) atoms. The molecule has 0 aliphatic heterocycles. The second-order valence-corrected chi connectivity index (χ2v) is 4.31. The Hall–Kier alpha value is 0.1000. The van der Waals surface area contributed by atoms with Crippen LogP contribution >= 0.6 is 27.3 Å². The van der Waals surface area contributed by atoms with Crippen LogP contribution in [-0.2, 0) is 11.3 Å². The minimum Gasteiger partial charge on any atom is -0.383 e. The van der Waals surface area contributed by atoms with Gasteiger partial charge in [-0.25, -0.2) is 0 Å². The van der Waals surface area contributed by atoms with Crippen molar-refractivity contribution in [3.05, 3.63) is 20.8 Å². The molecule has 2 nitrogen and oxygen atoms in total. The average Bonchev–Trinajstić information content (AvgIpc) is 2.45. The van der Waals surface area contributed by atoms with Crippen molar-refractivity contribution in [2.45, 2.75) is 6.54 Å². The average molecular weight is 250 g/mol. The fourth-order valence-electron chi connectivity index (χ4n) is 0.832. The lowest BCUT2D eigenvalue weighted by molar-refractivity contribution is 0.199. The monoisotopic (exact) mass is 249 g/mol. The van der Waals surface area contributed by atoms with Crippen molar-refractivity contribution in [3.63, 3.8) is 0 Å². The van der Waals surface area contributed by atoms with Crippen LogP contribution in [0, 0.1) is 0 Å². The summed E-state index contributed by atoms with van der Waals surface area (Å²) in [7, 11) is 1.71. The van der Waals surface area contributed by atoms with Gasteiger partial charge in [-0.2, -0.15) is 0 Å². The number of hydrogen-bond donors (Lipinski definition) is 1. The molecule has 0 spiro atoms. The predicted octanol–water partition coefficient (Wildman–Crippen LogP) is 2.25. The summed E-state index contributed by atoms with van der Waals surface area (Å²) in [5, 5.41) is 5.37. The molecule has 0 saturated heterocycles. The summed E-state index contributed by atoms with van der Waals surface area (Å²) in [4.78, 5) is 1.35. The van der Waals surface area contributed by atoms with Gasteiger partial charge in [0.05, 0.1) is 6.61 Å². The van der Waals surface area contributed by atoms with Crippen molar-refractivity contribution in [2.24, 2.45) is 0 Å². The highest BCUT2D eigenvalue weighted by molar-refractivity contribution is 9.10. The Morgan fingerprint density at radius 2 is 2.50 bits per heavy atom. The van der Waals surface area contributed by atoms with Crippen LogP contribution in [0.2, 0.25) is 0 Å². The van der Waals surface area contributed by atoms with E-state index in [1.54, 1.807) is 18.4 Å². The quantitative estimate of drug-likeness (QED) is 0.809. The molecule has 0 aliphatic carbocycles. The van der Waals surface area contributed by atoms with Gasteiger partial charge in [-0.3, -0.25) is 0 Å². The number of nitrogens with one attached hydrogen (secondary N) is 1. The molecule has 0 saturated carbocycles. The smallest absolute Gasteiger partial charge is 0.0587 e. The number of hydrogen-bond acceptors (Lipinski definition) is 3. The van der Waals surface area contributed by atoms with E-state index in [1.807, 2.05) is 0 Å². The highest BCUT2D eigenvalue weighted by Crippen LogP contribution is 2.19. The Bertz CT molecular complexity index is 227. The summed E-state index contributed by atoms with van der Waals surface area (Å²) in [5.41, 5.74) is 0. The predicted molar refractivity (Wildman–Crippen MR) is 55.6 cm³/mol. The van der Waals surface area contributed by atoms with Gasteiger partial charge in [-0.15, -0.1) is 11.3 Å². The number of rotatable bonds is 5. The van der Waals surface area contributed by atoms with Crippen LogP contribution in [0.25, 0.3) is 0 Å². The third-order valence-electron chi connectivity index (χ3n) is 1.40. The normalized spacial score (nSPS) is 10.5. The van der Waals surface area contributed by atoms with Crippen LogP contribution < -0.4 is 5.32 Å². The van der Waals surface area contributed by atoms with E-state index in [2.05, 4.69) is 32.7 Å². The third-order valence-corrected chi connectivity index (χ3v) is 3.10. The highest BCUT2D eigenvalue weighted by Gasteiger charge is 1.95. The van der Waals surface area contributed by atoms with Crippen LogP contribution in [0.1, 0.15) is 4.88 Å². The van der Waals surface area contributed by atoms with Crippen molar-refractivity contribution in [3.8, 4) is 0 Å². The topological polar surface area (TPSA) is 21.3 Å². The zero-order valence-electron chi connectivity index (χ0n) is 6.97. The minimum absolute atomic E-state index is 0.770. The van der Waals surface area contributed by atoms with Gasteiger partial charge in [0.2, 0.25) is 0 Å². The highest BCUT2D eigenvalue weighted by atomic mass is 79.9. The maximum absolute atomic E-state index is 4.92. The van der Waals surface area contributed by atoms with Gasteiger partial charge >= 0.3 is 0 Å². The Kier molecular flexibility index (Phi) is 4.83. The summed E-state index contributed by atoms with van der Waals surface area (Å²) in [5.74, 6) is 0. The van der Waals surface area contributed by atoms with E-state index in [1.165, 1.54) is 4.88 Å². The lowest BCUT2D eigenvalue weighted by atomic mass is 10.4. The van der Waals surface area contributed by atoms with E-state index in [0.717, 1.165) is 24.2 Å². The second-order valence-electron chi connectivity index (χ2n) is 2.40. The first-order chi connectivity index (χ1) is 5.83. The van der Waals surface area contributed by atoms with E-state index >= 15 is 0 Å². The van der Waals surface area contributed by atoms with E-state index in [0.29, 0.717) is 0 Å². The van der Waals surface area contributed by atoms with Crippen LogP contribution in [-0.4, -0.2) is 20.3 Å². The molecule has 0 radical (unpaired) electrons. The Balaban J connectivity index is 2.15. The first-order valence-corrected chi connectivity index (χ1v) is 5.43. The number of thiophene rings is 1. The Morgan fingerprint density at radius 1 is 1.67 bits per heavy atom. The van der Waals surface area contributed by atoms with Crippen molar-refractivity contribution in [1.29, 1.82) is 0 Å². The van der Waals surface area contributed by atoms with E-state index < -0.39 is 0 Å². The van der Waals surface area contributed by atoms with Crippen LogP contribution in [0.4, 0.5) is 0 Å². The SMILES string of the molecule is COCCNCc1cc(Br)cs1. The fraction of sp³-hybridized carbons (Fsp3) is 0.500. The number of ether oxygens (including phenoxy) is 1. The largest absolute Gasteiger partial charge is 0.383 e. The Labute approximate surface area is 85.1 Å². The zero-order valence-corrected chi connectivity index (χ0v) is 9.37. The molecule has 1 N–H and O–H groups in total. The summed E-state index contributed by atoms with van der Waals surface area (Å²) in [6.45, 7) is 2.61. The lowest BCUT2D eigenvalue weighted by Gasteiger charge is -2.00. The maximum atomic E-state index is 4.92. The third kappa shape index (κ3) is 3.67. The molecule has 0 aromatic carbocycles. The van der Waals surface area contributed by atoms with Gasteiger partial charge in [0, 0.05) is 34.9 Å². The van der Waals surface area contributed by atoms with Gasteiger partial charge in [0.1, 0.15) is 0 Å². The molecule has 1 heterocycles. The Morgan fingerprint density at radius 3 is 3.08 bits per heavy atom. The summed E-state index contributed by atoms with van der Waals surface area (Å²) >= 11 is 5.17. The molecule has 1 aromatic rings. The zero-order chi connectivity index (χ0) is 8.81. The molecular formula is C8H12BrNOS. The van der Waals surface area contributed by atoms with Crippen LogP contribution in [0.3, 0.4) is 0 Å². The maximum Gasteiger partial charge on any atom is 0.0587 e. The van der Waals surface area contributed by atoms with Gasteiger partial charge in [-0.05, 0) is 22.0 Å². The molecule has 0 fully saturated rings. The first kappa shape index (κ1) is 10.2. The first-order valence-electron chi connectivity index (χ1n) is 3.75. The van der Waals surface area contributed by atoms with Crippen LogP contribution in [0.5, 0.6) is 0 Å². The van der Waals surface area contributed by atoms with Crippen molar-refractivity contribution >= 4 is 27.3 Å².